The number of hydrogen-bond acceptors (Lipinski definition) is 8. The minimum absolute atomic E-state index is 0.0370. The molecule has 9 nitrogen and oxygen atoms in total. The van der Waals surface area contributed by atoms with Gasteiger partial charge < -0.3 is 20.1 Å². The van der Waals surface area contributed by atoms with Crippen LogP contribution in [0.3, 0.4) is 0 Å². The summed E-state index contributed by atoms with van der Waals surface area (Å²) in [5.74, 6) is -0.898. The second kappa shape index (κ2) is 55.5. The van der Waals surface area contributed by atoms with Gasteiger partial charge in [-0.05, 0) is 116 Å². The molecule has 402 valence electrons. The van der Waals surface area contributed by atoms with E-state index >= 15 is 0 Å². The minimum atomic E-state index is -4.41. The van der Waals surface area contributed by atoms with Gasteiger partial charge in [0, 0.05) is 19.4 Å². The molecule has 10 heteroatoms. The maximum Gasteiger partial charge on any atom is 0.472 e. The van der Waals surface area contributed by atoms with Gasteiger partial charge in [0.1, 0.15) is 6.61 Å². The average molecular weight is 1010 g/mol. The quantitative estimate of drug-likeness (QED) is 0.0264. The van der Waals surface area contributed by atoms with Crippen LogP contribution < -0.4 is 5.73 Å². The van der Waals surface area contributed by atoms with Crippen molar-refractivity contribution < 1.29 is 37.6 Å². The highest BCUT2D eigenvalue weighted by atomic mass is 31.2. The monoisotopic (exact) mass is 1010 g/mol. The van der Waals surface area contributed by atoms with E-state index in [1.54, 1.807) is 0 Å². The lowest BCUT2D eigenvalue weighted by Crippen LogP contribution is -2.29. The fraction of sp³-hybridized carbons (Fsp3) is 0.607. The van der Waals surface area contributed by atoms with Crippen LogP contribution >= 0.6 is 7.82 Å². The topological polar surface area (TPSA) is 134 Å². The Morgan fingerprint density at radius 1 is 0.437 bits per heavy atom. The van der Waals surface area contributed by atoms with Crippen molar-refractivity contribution >= 4 is 19.8 Å². The van der Waals surface area contributed by atoms with Crippen molar-refractivity contribution in [1.82, 2.24) is 0 Å². The molecule has 2 unspecified atom stereocenters. The summed E-state index contributed by atoms with van der Waals surface area (Å²) in [6, 6.07) is 0. The highest BCUT2D eigenvalue weighted by molar-refractivity contribution is 7.47. The van der Waals surface area contributed by atoms with E-state index in [9.17, 15) is 19.0 Å². The first kappa shape index (κ1) is 67.1. The molecular weight excluding hydrogens is 906 g/mol. The van der Waals surface area contributed by atoms with Crippen LogP contribution in [0, 0.1) is 0 Å². The average Bonchev–Trinajstić information content (AvgIpc) is 3.36. The van der Waals surface area contributed by atoms with Crippen LogP contribution in [0.15, 0.2) is 134 Å². The molecule has 0 rings (SSSR count). The van der Waals surface area contributed by atoms with Gasteiger partial charge in [0.15, 0.2) is 6.10 Å². The normalized spacial score (nSPS) is 14.1. The Kier molecular flexibility index (Phi) is 52.5. The number of carbonyl (C=O) groups is 2. The molecule has 0 aliphatic carbocycles. The molecule has 0 amide bonds. The first-order valence-corrected chi connectivity index (χ1v) is 29.2. The summed E-state index contributed by atoms with van der Waals surface area (Å²) in [6.45, 7) is 3.54. The number of unbranched alkanes of at least 4 members (excludes halogenated alkanes) is 15. The van der Waals surface area contributed by atoms with Crippen LogP contribution in [0.25, 0.3) is 0 Å². The summed E-state index contributed by atoms with van der Waals surface area (Å²) in [5, 5.41) is 0. The molecule has 0 aliphatic rings. The number of nitrogens with two attached hydrogens (primary N) is 1. The molecule has 2 atom stereocenters. The maximum atomic E-state index is 12.7. The molecule has 0 radical (unpaired) electrons. The SMILES string of the molecule is CC/C=C\C/C=C\C/C=C\C/C=C\C/C=C\C/C=C\C/C=C\C/C=C\CCCCC(=O)OC(COC(=O)CCCCCCCCCC/C=C\C/C=C\C/C=C\CCCCCCC)COP(=O)(O)OCCN. The zero-order chi connectivity index (χ0) is 51.7. The molecule has 0 heterocycles. The zero-order valence-electron chi connectivity index (χ0n) is 44.7. The molecule has 0 aromatic heterocycles. The minimum Gasteiger partial charge on any atom is -0.462 e. The molecule has 0 spiro atoms. The predicted octanol–water partition coefficient (Wildman–Crippen LogP) is 17.4. The number of rotatable bonds is 50. The Balaban J connectivity index is 4.17. The third-order valence-electron chi connectivity index (χ3n) is 11.0. The van der Waals surface area contributed by atoms with Crippen LogP contribution in [0.1, 0.15) is 206 Å². The van der Waals surface area contributed by atoms with E-state index in [0.717, 1.165) is 103 Å². The summed E-state index contributed by atoms with van der Waals surface area (Å²) >= 11 is 0. The van der Waals surface area contributed by atoms with Crippen molar-refractivity contribution in [3.63, 3.8) is 0 Å². The molecular formula is C61H100NO8P. The number of hydrogen-bond donors (Lipinski definition) is 2. The van der Waals surface area contributed by atoms with Crippen LogP contribution in [-0.2, 0) is 32.7 Å². The molecule has 0 aromatic rings. The Hall–Kier alpha value is -3.85. The zero-order valence-corrected chi connectivity index (χ0v) is 45.5. The highest BCUT2D eigenvalue weighted by Crippen LogP contribution is 2.43. The molecule has 0 aromatic carbocycles. The summed E-state index contributed by atoms with van der Waals surface area (Å²) in [5.41, 5.74) is 5.37. The maximum absolute atomic E-state index is 12.7. The third-order valence-corrected chi connectivity index (χ3v) is 12.0. The molecule has 0 bridgehead atoms. The molecule has 0 saturated carbocycles. The number of esters is 2. The molecule has 71 heavy (non-hydrogen) atoms. The summed E-state index contributed by atoms with van der Waals surface area (Å²) in [4.78, 5) is 35.1. The van der Waals surface area contributed by atoms with Crippen LogP contribution in [0.5, 0.6) is 0 Å². The van der Waals surface area contributed by atoms with Crippen molar-refractivity contribution in [2.24, 2.45) is 5.73 Å². The van der Waals surface area contributed by atoms with Crippen molar-refractivity contribution in [1.29, 1.82) is 0 Å². The van der Waals surface area contributed by atoms with E-state index < -0.39 is 32.5 Å². The number of carbonyl (C=O) groups excluding carboxylic acids is 2. The third kappa shape index (κ3) is 55.3. The number of allylic oxidation sites excluding steroid dienone is 22. The molecule has 0 fully saturated rings. The summed E-state index contributed by atoms with van der Waals surface area (Å²) in [6.07, 6.45) is 77.8. The lowest BCUT2D eigenvalue weighted by atomic mass is 10.1. The first-order valence-electron chi connectivity index (χ1n) is 27.7. The lowest BCUT2D eigenvalue weighted by molar-refractivity contribution is -0.161. The molecule has 3 N–H and O–H groups in total. The van der Waals surface area contributed by atoms with Gasteiger partial charge in [-0.25, -0.2) is 4.57 Å². The van der Waals surface area contributed by atoms with Gasteiger partial charge in [-0.1, -0.05) is 212 Å². The van der Waals surface area contributed by atoms with Crippen molar-refractivity contribution in [3.8, 4) is 0 Å². The van der Waals surface area contributed by atoms with Crippen LogP contribution in [0.4, 0.5) is 0 Å². The van der Waals surface area contributed by atoms with Gasteiger partial charge in [-0.2, -0.15) is 0 Å². The number of phosphoric ester groups is 1. The second-order valence-electron chi connectivity index (χ2n) is 17.7. The fourth-order valence-corrected chi connectivity index (χ4v) is 7.72. The highest BCUT2D eigenvalue weighted by Gasteiger charge is 2.26. The molecule has 0 saturated heterocycles. The van der Waals surface area contributed by atoms with E-state index in [1.165, 1.54) is 64.2 Å². The Morgan fingerprint density at radius 3 is 1.18 bits per heavy atom. The van der Waals surface area contributed by atoms with Gasteiger partial charge in [-0.3, -0.25) is 18.6 Å². The largest absolute Gasteiger partial charge is 0.472 e. The fourth-order valence-electron chi connectivity index (χ4n) is 6.95. The van der Waals surface area contributed by atoms with E-state index in [4.69, 9.17) is 24.3 Å². The van der Waals surface area contributed by atoms with Crippen molar-refractivity contribution in [2.75, 3.05) is 26.4 Å². The summed E-state index contributed by atoms with van der Waals surface area (Å²) < 4.78 is 32.9. The first-order chi connectivity index (χ1) is 34.8. The predicted molar refractivity (Wildman–Crippen MR) is 302 cm³/mol. The Morgan fingerprint density at radius 2 is 0.775 bits per heavy atom. The van der Waals surface area contributed by atoms with Gasteiger partial charge in [0.25, 0.3) is 0 Å². The van der Waals surface area contributed by atoms with Crippen molar-refractivity contribution in [3.05, 3.63) is 134 Å². The number of ether oxygens (including phenoxy) is 2. The smallest absolute Gasteiger partial charge is 0.462 e. The van der Waals surface area contributed by atoms with Gasteiger partial charge >= 0.3 is 19.8 Å². The van der Waals surface area contributed by atoms with Crippen molar-refractivity contribution in [2.45, 2.75) is 213 Å². The van der Waals surface area contributed by atoms with E-state index in [0.29, 0.717) is 12.8 Å². The second-order valence-corrected chi connectivity index (χ2v) is 19.2. The number of phosphoric acid groups is 1. The standard InChI is InChI=1S/C61H100NO8P/c1-3-5-7-9-11-13-15-17-19-21-23-25-27-28-29-30-32-34-36-38-40-42-44-46-48-50-52-54-61(64)70-59(58-69-71(65,66)68-56-55-62)57-67-60(63)53-51-49-47-45-43-41-39-37-35-33-31-26-24-22-20-18-16-14-12-10-8-6-4-2/h5,7,11,13,16-19,22-25,28-29,31-34,38,40,44,46,59H,3-4,6,8-10,12,14-15,20-21,26-27,30,35-37,39,41-43,45,47-58,62H2,1-2H3,(H,65,66)/b7-5-,13-11-,18-16-,19-17-,24-22-,25-23-,29-28-,33-31-,34-32-,40-38-,46-44-. The lowest BCUT2D eigenvalue weighted by Gasteiger charge is -2.19. The van der Waals surface area contributed by atoms with Crippen LogP contribution in [-0.4, -0.2) is 49.3 Å². The molecule has 0 aliphatic heterocycles. The summed E-state index contributed by atoms with van der Waals surface area (Å²) in [7, 11) is -4.41. The van der Waals surface area contributed by atoms with Gasteiger partial charge in [-0.15, -0.1) is 0 Å². The Labute approximate surface area is 434 Å². The van der Waals surface area contributed by atoms with Gasteiger partial charge in [0.2, 0.25) is 0 Å². The Bertz CT molecular complexity index is 1620. The van der Waals surface area contributed by atoms with E-state index in [-0.39, 0.29) is 32.6 Å². The van der Waals surface area contributed by atoms with Gasteiger partial charge in [0.05, 0.1) is 13.2 Å². The van der Waals surface area contributed by atoms with Crippen LogP contribution in [0.2, 0.25) is 0 Å². The van der Waals surface area contributed by atoms with E-state index in [1.807, 2.05) is 0 Å². The van der Waals surface area contributed by atoms with E-state index in [2.05, 4.69) is 148 Å².